The summed E-state index contributed by atoms with van der Waals surface area (Å²) in [6.45, 7) is 3.30. The molecule has 188 valence electrons. The van der Waals surface area contributed by atoms with Crippen molar-refractivity contribution in [1.29, 1.82) is 0 Å². The van der Waals surface area contributed by atoms with E-state index < -0.39 is 47.6 Å². The third-order valence-corrected chi connectivity index (χ3v) is 7.87. The summed E-state index contributed by atoms with van der Waals surface area (Å²) in [5.74, 6) is -5.56. The van der Waals surface area contributed by atoms with Gasteiger partial charge >= 0.3 is 5.97 Å². The molecule has 1 saturated heterocycles. The first kappa shape index (κ1) is 24.5. The summed E-state index contributed by atoms with van der Waals surface area (Å²) in [7, 11) is 1.59. The first-order valence-corrected chi connectivity index (χ1v) is 12.2. The van der Waals surface area contributed by atoms with Crippen LogP contribution in [0.25, 0.3) is 17.2 Å². The summed E-state index contributed by atoms with van der Waals surface area (Å²) in [6, 6.07) is 11.2. The van der Waals surface area contributed by atoms with Crippen LogP contribution in [0.15, 0.2) is 48.7 Å². The molecule has 0 amide bonds. The molecule has 3 aromatic rings. The van der Waals surface area contributed by atoms with Gasteiger partial charge < -0.3 is 4.74 Å². The van der Waals surface area contributed by atoms with Gasteiger partial charge in [0, 0.05) is 47.0 Å². The van der Waals surface area contributed by atoms with Gasteiger partial charge in [0.1, 0.15) is 6.10 Å². The number of alkyl halides is 2. The number of hydrogen-bond acceptors (Lipinski definition) is 6. The van der Waals surface area contributed by atoms with E-state index in [0.29, 0.717) is 10.7 Å². The molecular weight excluding hydrogens is 488 g/mol. The zero-order valence-electron chi connectivity index (χ0n) is 20.1. The van der Waals surface area contributed by atoms with Crippen molar-refractivity contribution >= 4 is 23.6 Å². The number of tetrazole rings is 1. The summed E-state index contributed by atoms with van der Waals surface area (Å²) >= 11 is 6.29. The van der Waals surface area contributed by atoms with E-state index >= 15 is 8.78 Å². The van der Waals surface area contributed by atoms with Crippen LogP contribution in [-0.2, 0) is 23.0 Å². The molecule has 2 aromatic heterocycles. The summed E-state index contributed by atoms with van der Waals surface area (Å²) in [5.41, 5.74) is 0.898. The number of esters is 1. The molecule has 1 aromatic carbocycles. The molecular formula is C26H26ClF2N5O2. The third-order valence-electron chi connectivity index (χ3n) is 7.54. The van der Waals surface area contributed by atoms with Gasteiger partial charge in [-0.2, -0.15) is 4.80 Å². The van der Waals surface area contributed by atoms with E-state index in [1.165, 1.54) is 11.7 Å². The molecule has 1 saturated carbocycles. The Morgan fingerprint density at radius 3 is 2.67 bits per heavy atom. The Labute approximate surface area is 212 Å². The van der Waals surface area contributed by atoms with Crippen LogP contribution in [0.2, 0.25) is 5.02 Å². The van der Waals surface area contributed by atoms with Gasteiger partial charge in [-0.3, -0.25) is 9.78 Å². The smallest absolute Gasteiger partial charge is 0.313 e. The van der Waals surface area contributed by atoms with E-state index in [1.54, 1.807) is 32.3 Å². The van der Waals surface area contributed by atoms with Crippen molar-refractivity contribution in [3.63, 3.8) is 0 Å². The first-order valence-electron chi connectivity index (χ1n) is 11.8. The number of ether oxygens (including phenoxy) is 1. The standard InChI is InChI=1S/C26H26ClF2N5O2/c1-15-19(11-10-18-9-8-17(13-30-18)20-6-4-5-7-21(20)27)23-16(2)36-24(35)25(23,14-26(15,28)29)12-22-31-33-34(3)32-22/h4-11,13,15-16,19,23H,12,14H2,1-3H3/b11-10+/t15-,16+,19-,23-,25+/m0/s1. The van der Waals surface area contributed by atoms with E-state index in [-0.39, 0.29) is 12.2 Å². The average Bonchev–Trinajstić information content (AvgIpc) is 3.34. The Hall–Kier alpha value is -3.20. The van der Waals surface area contributed by atoms with Gasteiger partial charge in [0.15, 0.2) is 5.82 Å². The molecule has 3 heterocycles. The fourth-order valence-corrected chi connectivity index (χ4v) is 6.02. The second-order valence-corrected chi connectivity index (χ2v) is 10.2. The van der Waals surface area contributed by atoms with E-state index in [1.807, 2.05) is 36.4 Å². The van der Waals surface area contributed by atoms with Crippen molar-refractivity contribution in [2.75, 3.05) is 0 Å². The highest BCUT2D eigenvalue weighted by molar-refractivity contribution is 6.33. The van der Waals surface area contributed by atoms with Crippen molar-refractivity contribution in [2.45, 2.75) is 38.7 Å². The van der Waals surface area contributed by atoms with Crippen LogP contribution in [0.1, 0.15) is 31.8 Å². The predicted octanol–water partition coefficient (Wildman–Crippen LogP) is 5.02. The minimum Gasteiger partial charge on any atom is -0.462 e. The summed E-state index contributed by atoms with van der Waals surface area (Å²) in [6.07, 6.45) is 4.00. The highest BCUT2D eigenvalue weighted by Crippen LogP contribution is 2.60. The Morgan fingerprint density at radius 1 is 1.22 bits per heavy atom. The van der Waals surface area contributed by atoms with Crippen LogP contribution in [0.3, 0.4) is 0 Å². The number of rotatable bonds is 5. The quantitative estimate of drug-likeness (QED) is 0.445. The number of fused-ring (bicyclic) bond motifs is 1. The van der Waals surface area contributed by atoms with Crippen LogP contribution < -0.4 is 0 Å². The van der Waals surface area contributed by atoms with Crippen molar-refractivity contribution in [3.8, 4) is 11.1 Å². The highest BCUT2D eigenvalue weighted by Gasteiger charge is 2.68. The minimum absolute atomic E-state index is 0.0495. The largest absolute Gasteiger partial charge is 0.462 e. The van der Waals surface area contributed by atoms with Crippen molar-refractivity contribution in [2.24, 2.45) is 30.2 Å². The number of pyridine rings is 1. The van der Waals surface area contributed by atoms with Crippen LogP contribution in [0.4, 0.5) is 8.78 Å². The Kier molecular flexibility index (Phi) is 6.14. The normalized spacial score (nSPS) is 29.3. The van der Waals surface area contributed by atoms with Gasteiger partial charge in [-0.15, -0.1) is 10.2 Å². The van der Waals surface area contributed by atoms with Crippen LogP contribution in [0.5, 0.6) is 0 Å². The molecule has 2 aliphatic rings. The molecule has 1 aliphatic heterocycles. The number of halogens is 3. The van der Waals surface area contributed by atoms with Crippen LogP contribution >= 0.6 is 11.6 Å². The topological polar surface area (TPSA) is 82.8 Å². The number of hydrogen-bond donors (Lipinski definition) is 0. The predicted molar refractivity (Wildman–Crippen MR) is 130 cm³/mol. The maximum Gasteiger partial charge on any atom is 0.313 e. The number of cyclic esters (lactones) is 1. The zero-order valence-corrected chi connectivity index (χ0v) is 20.9. The number of aryl methyl sites for hydroxylation is 1. The molecule has 0 spiro atoms. The molecule has 0 bridgehead atoms. The maximum absolute atomic E-state index is 15.4. The van der Waals surface area contributed by atoms with E-state index in [0.717, 1.165) is 11.1 Å². The highest BCUT2D eigenvalue weighted by atomic mass is 35.5. The monoisotopic (exact) mass is 513 g/mol. The van der Waals surface area contributed by atoms with Crippen LogP contribution in [-0.4, -0.2) is 43.2 Å². The number of benzene rings is 1. The third kappa shape index (κ3) is 4.19. The number of carbonyl (C=O) groups excluding carboxylic acids is 1. The summed E-state index contributed by atoms with van der Waals surface area (Å²) < 4.78 is 36.4. The fourth-order valence-electron chi connectivity index (χ4n) is 5.77. The van der Waals surface area contributed by atoms with E-state index in [2.05, 4.69) is 20.4 Å². The molecule has 2 fully saturated rings. The van der Waals surface area contributed by atoms with Gasteiger partial charge in [-0.25, -0.2) is 8.78 Å². The van der Waals surface area contributed by atoms with Gasteiger partial charge in [0.2, 0.25) is 0 Å². The summed E-state index contributed by atoms with van der Waals surface area (Å²) in [5, 5.41) is 12.5. The van der Waals surface area contributed by atoms with Crippen molar-refractivity contribution in [3.05, 3.63) is 65.2 Å². The fraction of sp³-hybridized carbons (Fsp3) is 0.423. The molecule has 0 unspecified atom stereocenters. The lowest BCUT2D eigenvalue weighted by Gasteiger charge is -2.47. The SMILES string of the molecule is C[C@H]1OC(=O)[C@]2(Cc3nnn(C)n3)CC(F)(F)[C@@H](C)[C@H](/C=C/c3ccc(-c4ccccc4Cl)cn3)[C@H]12. The number of carbonyl (C=O) groups is 1. The van der Waals surface area contributed by atoms with Gasteiger partial charge in [0.05, 0.1) is 18.2 Å². The second kappa shape index (κ2) is 9.03. The lowest BCUT2D eigenvalue weighted by Crippen LogP contribution is -2.54. The first-order chi connectivity index (χ1) is 17.1. The van der Waals surface area contributed by atoms with E-state index in [4.69, 9.17) is 16.3 Å². The summed E-state index contributed by atoms with van der Waals surface area (Å²) in [4.78, 5) is 18.8. The van der Waals surface area contributed by atoms with E-state index in [9.17, 15) is 4.79 Å². The number of allylic oxidation sites excluding steroid dienone is 1. The second-order valence-electron chi connectivity index (χ2n) is 9.78. The van der Waals surface area contributed by atoms with Gasteiger partial charge in [-0.05, 0) is 36.3 Å². The molecule has 5 rings (SSSR count). The molecule has 1 aliphatic carbocycles. The number of nitrogens with zero attached hydrogens (tertiary/aromatic N) is 5. The van der Waals surface area contributed by atoms with Gasteiger partial charge in [0.25, 0.3) is 5.92 Å². The lowest BCUT2D eigenvalue weighted by molar-refractivity contribution is -0.171. The molecule has 0 radical (unpaired) electrons. The molecule has 7 nitrogen and oxygen atoms in total. The molecule has 5 atom stereocenters. The Balaban J connectivity index is 1.47. The number of aromatic nitrogens is 5. The average molecular weight is 514 g/mol. The zero-order chi connectivity index (χ0) is 25.7. The Morgan fingerprint density at radius 2 is 2.00 bits per heavy atom. The molecule has 36 heavy (non-hydrogen) atoms. The molecule has 0 N–H and O–H groups in total. The maximum atomic E-state index is 15.4. The van der Waals surface area contributed by atoms with Crippen molar-refractivity contribution in [1.82, 2.24) is 25.2 Å². The lowest BCUT2D eigenvalue weighted by atomic mass is 9.55. The van der Waals surface area contributed by atoms with Crippen molar-refractivity contribution < 1.29 is 18.3 Å². The van der Waals surface area contributed by atoms with Crippen LogP contribution in [0, 0.1) is 23.2 Å². The molecule has 10 heteroatoms. The minimum atomic E-state index is -3.09. The Bertz CT molecular complexity index is 1310. The van der Waals surface area contributed by atoms with Gasteiger partial charge in [-0.1, -0.05) is 48.9 Å².